The summed E-state index contributed by atoms with van der Waals surface area (Å²) in [6.07, 6.45) is 6.83. The van der Waals surface area contributed by atoms with Gasteiger partial charge in [0.25, 0.3) is 11.1 Å². The Morgan fingerprint density at radius 3 is 2.70 bits per heavy atom. The highest BCUT2D eigenvalue weighted by Crippen LogP contribution is 2.34. The monoisotopic (exact) mass is 417 g/mol. The number of rotatable bonds is 5. The zero-order valence-electron chi connectivity index (χ0n) is 13.9. The lowest BCUT2D eigenvalue weighted by Crippen LogP contribution is -2.28. The Bertz CT molecular complexity index is 981. The van der Waals surface area contributed by atoms with Gasteiger partial charge in [0.05, 0.1) is 11.4 Å². The first kappa shape index (κ1) is 19.4. The summed E-state index contributed by atoms with van der Waals surface area (Å²) in [7, 11) is 0. The minimum atomic E-state index is -0.404. The maximum absolute atomic E-state index is 12.3. The fourth-order valence-electron chi connectivity index (χ4n) is 2.39. The van der Waals surface area contributed by atoms with Gasteiger partial charge in [0.15, 0.2) is 0 Å². The molecule has 0 saturated carbocycles. The number of hydrogen-bond acceptors (Lipinski definition) is 4. The van der Waals surface area contributed by atoms with Gasteiger partial charge in [0.1, 0.15) is 12.4 Å². The molecule has 1 fully saturated rings. The number of halogens is 2. The molecule has 0 N–H and O–H groups in total. The molecule has 0 aliphatic carbocycles. The number of amides is 2. The van der Waals surface area contributed by atoms with Crippen molar-refractivity contribution >= 4 is 52.2 Å². The van der Waals surface area contributed by atoms with Crippen LogP contribution < -0.4 is 4.74 Å². The number of imide groups is 1. The molecule has 0 spiro atoms. The number of terminal acetylenes is 1. The summed E-state index contributed by atoms with van der Waals surface area (Å²) >= 11 is 12.9. The van der Waals surface area contributed by atoms with Crippen molar-refractivity contribution in [1.82, 2.24) is 4.90 Å². The van der Waals surface area contributed by atoms with Gasteiger partial charge in [-0.05, 0) is 36.0 Å². The number of nitrogens with zero attached hydrogens (tertiary/aromatic N) is 1. The highest BCUT2D eigenvalue weighted by atomic mass is 35.5. The standard InChI is InChI=1S/C20H13Cl2NO3S/c1-2-9-23-19(24)18(27-20(23)25)10-13-5-3-4-6-17(13)26-12-14-7-8-15(21)11-16(14)22/h1,3-8,10-11H,9,12H2/b18-10+. The Balaban J connectivity index is 1.81. The summed E-state index contributed by atoms with van der Waals surface area (Å²) in [6.45, 7) is 0.189. The van der Waals surface area contributed by atoms with Crippen LogP contribution in [0.15, 0.2) is 47.4 Å². The van der Waals surface area contributed by atoms with Crippen LogP contribution in [-0.4, -0.2) is 22.6 Å². The lowest BCUT2D eigenvalue weighted by Gasteiger charge is -2.11. The molecular weight excluding hydrogens is 405 g/mol. The topological polar surface area (TPSA) is 46.6 Å². The summed E-state index contributed by atoms with van der Waals surface area (Å²) in [6, 6.07) is 12.4. The Morgan fingerprint density at radius 2 is 1.96 bits per heavy atom. The van der Waals surface area contributed by atoms with E-state index in [9.17, 15) is 9.59 Å². The number of para-hydroxylation sites is 1. The molecule has 1 aliphatic heterocycles. The van der Waals surface area contributed by atoms with E-state index in [0.29, 0.717) is 26.3 Å². The van der Waals surface area contributed by atoms with Crippen molar-refractivity contribution in [3.8, 4) is 18.1 Å². The van der Waals surface area contributed by atoms with Crippen LogP contribution in [0.3, 0.4) is 0 Å². The van der Waals surface area contributed by atoms with Crippen LogP contribution >= 0.6 is 35.0 Å². The van der Waals surface area contributed by atoms with E-state index in [4.69, 9.17) is 34.4 Å². The van der Waals surface area contributed by atoms with Crippen LogP contribution in [0.1, 0.15) is 11.1 Å². The van der Waals surface area contributed by atoms with Gasteiger partial charge in [0.2, 0.25) is 0 Å². The van der Waals surface area contributed by atoms with Crippen molar-refractivity contribution < 1.29 is 14.3 Å². The minimum absolute atomic E-state index is 0.0464. The number of benzene rings is 2. The first-order valence-electron chi connectivity index (χ1n) is 7.84. The number of hydrogen-bond donors (Lipinski definition) is 0. The van der Waals surface area contributed by atoms with E-state index in [1.54, 1.807) is 36.4 Å². The average Bonchev–Trinajstić information content (AvgIpc) is 2.90. The molecule has 3 rings (SSSR count). The second-order valence-corrected chi connectivity index (χ2v) is 7.37. The third kappa shape index (κ3) is 4.48. The van der Waals surface area contributed by atoms with E-state index in [1.807, 2.05) is 12.1 Å². The maximum atomic E-state index is 12.3. The lowest BCUT2D eigenvalue weighted by molar-refractivity contribution is -0.122. The van der Waals surface area contributed by atoms with Crippen molar-refractivity contribution in [2.24, 2.45) is 0 Å². The van der Waals surface area contributed by atoms with Gasteiger partial charge in [-0.2, -0.15) is 0 Å². The fraction of sp³-hybridized carbons (Fsp3) is 0.100. The molecule has 1 heterocycles. The fourth-order valence-corrected chi connectivity index (χ4v) is 3.69. The predicted octanol–water partition coefficient (Wildman–Crippen LogP) is 5.24. The smallest absolute Gasteiger partial charge is 0.294 e. The Hall–Kier alpha value is -2.39. The Morgan fingerprint density at radius 1 is 1.19 bits per heavy atom. The summed E-state index contributed by atoms with van der Waals surface area (Å²) in [5.74, 6) is 2.47. The van der Waals surface area contributed by atoms with Crippen LogP contribution in [0, 0.1) is 12.3 Å². The van der Waals surface area contributed by atoms with Crippen LogP contribution in [0.25, 0.3) is 6.08 Å². The highest BCUT2D eigenvalue weighted by molar-refractivity contribution is 8.18. The van der Waals surface area contributed by atoms with Crippen molar-refractivity contribution in [2.75, 3.05) is 6.54 Å². The molecule has 7 heteroatoms. The van der Waals surface area contributed by atoms with Crippen LogP contribution in [-0.2, 0) is 11.4 Å². The summed E-state index contributed by atoms with van der Waals surface area (Å²) in [5.41, 5.74) is 1.46. The van der Waals surface area contributed by atoms with E-state index < -0.39 is 5.91 Å². The number of ether oxygens (including phenoxy) is 1. The average molecular weight is 418 g/mol. The van der Waals surface area contributed by atoms with Gasteiger partial charge in [-0.25, -0.2) is 0 Å². The van der Waals surface area contributed by atoms with Gasteiger partial charge >= 0.3 is 0 Å². The SMILES string of the molecule is C#CCN1C(=O)S/C(=C/c2ccccc2OCc2ccc(Cl)cc2Cl)C1=O. The number of thioether (sulfide) groups is 1. The molecule has 1 aliphatic rings. The summed E-state index contributed by atoms with van der Waals surface area (Å²) < 4.78 is 5.87. The highest BCUT2D eigenvalue weighted by Gasteiger charge is 2.34. The molecule has 0 bridgehead atoms. The molecule has 0 aromatic heterocycles. The summed E-state index contributed by atoms with van der Waals surface area (Å²) in [5, 5.41) is 0.678. The Kier molecular flexibility index (Phi) is 6.12. The minimum Gasteiger partial charge on any atom is -0.488 e. The molecule has 27 heavy (non-hydrogen) atoms. The maximum Gasteiger partial charge on any atom is 0.294 e. The molecular formula is C20H13Cl2NO3S. The van der Waals surface area contributed by atoms with E-state index in [0.717, 1.165) is 22.2 Å². The Labute approximate surface area is 171 Å². The van der Waals surface area contributed by atoms with Gasteiger partial charge in [0, 0.05) is 21.2 Å². The predicted molar refractivity (Wildman–Crippen MR) is 109 cm³/mol. The third-order valence-electron chi connectivity index (χ3n) is 3.73. The zero-order valence-corrected chi connectivity index (χ0v) is 16.3. The first-order valence-corrected chi connectivity index (χ1v) is 9.41. The van der Waals surface area contributed by atoms with Crippen molar-refractivity contribution in [3.05, 3.63) is 68.5 Å². The second kappa shape index (κ2) is 8.53. The van der Waals surface area contributed by atoms with Crippen LogP contribution in [0.2, 0.25) is 10.0 Å². The first-order chi connectivity index (χ1) is 13.0. The zero-order chi connectivity index (χ0) is 19.4. The molecule has 2 aromatic carbocycles. The van der Waals surface area contributed by atoms with E-state index in [1.165, 1.54) is 0 Å². The van der Waals surface area contributed by atoms with Gasteiger partial charge in [-0.1, -0.05) is 53.4 Å². The number of carbonyl (C=O) groups is 2. The van der Waals surface area contributed by atoms with E-state index >= 15 is 0 Å². The molecule has 2 amide bonds. The molecule has 0 unspecified atom stereocenters. The van der Waals surface area contributed by atoms with Crippen molar-refractivity contribution in [3.63, 3.8) is 0 Å². The molecule has 1 saturated heterocycles. The number of carbonyl (C=O) groups excluding carboxylic acids is 2. The van der Waals surface area contributed by atoms with E-state index in [2.05, 4.69) is 5.92 Å². The quantitative estimate of drug-likeness (QED) is 0.492. The van der Waals surface area contributed by atoms with Gasteiger partial charge in [-0.15, -0.1) is 6.42 Å². The molecule has 4 nitrogen and oxygen atoms in total. The summed E-state index contributed by atoms with van der Waals surface area (Å²) in [4.78, 5) is 25.6. The molecule has 136 valence electrons. The lowest BCUT2D eigenvalue weighted by atomic mass is 10.1. The normalized spacial score (nSPS) is 15.3. The van der Waals surface area contributed by atoms with Crippen molar-refractivity contribution in [1.29, 1.82) is 0 Å². The van der Waals surface area contributed by atoms with Crippen LogP contribution in [0.5, 0.6) is 5.75 Å². The van der Waals surface area contributed by atoms with Crippen molar-refractivity contribution in [2.45, 2.75) is 6.61 Å². The second-order valence-electron chi connectivity index (χ2n) is 5.53. The van der Waals surface area contributed by atoms with Gasteiger partial charge in [-0.3, -0.25) is 14.5 Å². The molecule has 2 aromatic rings. The van der Waals surface area contributed by atoms with Gasteiger partial charge < -0.3 is 4.74 Å². The molecule has 0 atom stereocenters. The van der Waals surface area contributed by atoms with E-state index in [-0.39, 0.29) is 18.4 Å². The largest absolute Gasteiger partial charge is 0.488 e. The third-order valence-corrected chi connectivity index (χ3v) is 5.22. The van der Waals surface area contributed by atoms with Crippen LogP contribution in [0.4, 0.5) is 4.79 Å². The molecule has 0 radical (unpaired) electrons.